The van der Waals surface area contributed by atoms with E-state index in [0.29, 0.717) is 12.0 Å². The summed E-state index contributed by atoms with van der Waals surface area (Å²) in [6, 6.07) is 2.65. The summed E-state index contributed by atoms with van der Waals surface area (Å²) < 4.78 is 0. The summed E-state index contributed by atoms with van der Waals surface area (Å²) in [4.78, 5) is 50.3. The normalized spacial score (nSPS) is 18.2. The first-order chi connectivity index (χ1) is 16.0. The third-order valence-electron chi connectivity index (χ3n) is 5.86. The van der Waals surface area contributed by atoms with Gasteiger partial charge in [-0.1, -0.05) is 39.8 Å². The average Bonchev–Trinajstić information content (AvgIpc) is 3.31. The van der Waals surface area contributed by atoms with Crippen LogP contribution in [-0.2, 0) is 25.6 Å². The highest BCUT2D eigenvalue weighted by Gasteiger charge is 2.33. The highest BCUT2D eigenvalue weighted by molar-refractivity contribution is 5.94. The Hall–Kier alpha value is -3.14. The minimum Gasteiger partial charge on any atom is -0.508 e. The number of hydrogen-bond acceptors (Lipinski definition) is 6. The van der Waals surface area contributed by atoms with Crippen LogP contribution in [0.1, 0.15) is 46.1 Å². The van der Waals surface area contributed by atoms with Gasteiger partial charge >= 0.3 is 5.97 Å². The average molecular weight is 477 g/mol. The molecule has 1 heterocycles. The molecule has 188 valence electrons. The lowest BCUT2D eigenvalue weighted by Gasteiger charge is -2.28. The molecule has 1 aliphatic rings. The van der Waals surface area contributed by atoms with Crippen LogP contribution in [0.25, 0.3) is 0 Å². The second kappa shape index (κ2) is 12.4. The molecule has 1 aromatic rings. The monoisotopic (exact) mass is 476 g/mol. The number of aromatic hydroxyl groups is 1. The molecule has 0 saturated carbocycles. The van der Waals surface area contributed by atoms with Gasteiger partial charge < -0.3 is 31.5 Å². The number of phenols is 1. The zero-order valence-electron chi connectivity index (χ0n) is 20.1. The molecule has 1 fully saturated rings. The van der Waals surface area contributed by atoms with E-state index in [1.54, 1.807) is 39.8 Å². The number of carboxylic acids is 1. The standard InChI is InChI=1S/C24H36N4O6/c1-13(2)19(22(31)26-18(24(33)34)12-15-7-9-16(29)10-8-15)28-23(32)20(14(3)4)27-21(30)17-6-5-11-25-17/h7-10,13-14,17-20,25,29H,5-6,11-12H2,1-4H3,(H,26,31)(H,27,30)(H,28,32)(H,33,34). The Morgan fingerprint density at radius 3 is 2.00 bits per heavy atom. The van der Waals surface area contributed by atoms with Crippen LogP contribution in [0, 0.1) is 11.8 Å². The molecule has 0 radical (unpaired) electrons. The van der Waals surface area contributed by atoms with Crippen molar-refractivity contribution in [1.29, 1.82) is 0 Å². The van der Waals surface area contributed by atoms with Crippen LogP contribution in [0.4, 0.5) is 0 Å². The van der Waals surface area contributed by atoms with Gasteiger partial charge in [-0.15, -0.1) is 0 Å². The molecule has 0 aliphatic carbocycles. The van der Waals surface area contributed by atoms with Crippen LogP contribution >= 0.6 is 0 Å². The molecule has 1 aliphatic heterocycles. The lowest BCUT2D eigenvalue weighted by atomic mass is 9.98. The number of benzene rings is 1. The number of carbonyl (C=O) groups excluding carboxylic acids is 3. The maximum atomic E-state index is 13.0. The predicted molar refractivity (Wildman–Crippen MR) is 126 cm³/mol. The van der Waals surface area contributed by atoms with Crippen molar-refractivity contribution in [2.75, 3.05) is 6.54 Å². The number of carbonyl (C=O) groups is 4. The molecule has 4 atom stereocenters. The van der Waals surface area contributed by atoms with Crippen molar-refractivity contribution >= 4 is 23.7 Å². The molecular weight excluding hydrogens is 440 g/mol. The molecule has 6 N–H and O–H groups in total. The van der Waals surface area contributed by atoms with E-state index in [2.05, 4.69) is 21.3 Å². The lowest BCUT2D eigenvalue weighted by Crippen LogP contribution is -2.59. The molecule has 2 rings (SSSR count). The molecule has 1 aromatic carbocycles. The molecule has 10 nitrogen and oxygen atoms in total. The van der Waals surface area contributed by atoms with Crippen LogP contribution in [-0.4, -0.2) is 64.6 Å². The Balaban J connectivity index is 2.07. The number of hydrogen-bond donors (Lipinski definition) is 6. The van der Waals surface area contributed by atoms with Gasteiger partial charge in [-0.05, 0) is 48.9 Å². The lowest BCUT2D eigenvalue weighted by molar-refractivity contribution is -0.142. The molecule has 3 amide bonds. The highest BCUT2D eigenvalue weighted by atomic mass is 16.4. The second-order valence-electron chi connectivity index (χ2n) is 9.38. The van der Waals surface area contributed by atoms with Gasteiger partial charge in [-0.2, -0.15) is 0 Å². The fourth-order valence-corrected chi connectivity index (χ4v) is 3.80. The van der Waals surface area contributed by atoms with E-state index >= 15 is 0 Å². The van der Waals surface area contributed by atoms with Gasteiger partial charge in [0, 0.05) is 6.42 Å². The minimum absolute atomic E-state index is 0.0131. The van der Waals surface area contributed by atoms with Gasteiger partial charge in [0.2, 0.25) is 17.7 Å². The van der Waals surface area contributed by atoms with Crippen LogP contribution < -0.4 is 21.3 Å². The summed E-state index contributed by atoms with van der Waals surface area (Å²) in [7, 11) is 0. The third kappa shape index (κ3) is 7.72. The molecule has 0 aromatic heterocycles. The van der Waals surface area contributed by atoms with Crippen molar-refractivity contribution in [2.45, 2.75) is 71.1 Å². The molecule has 4 unspecified atom stereocenters. The van der Waals surface area contributed by atoms with Gasteiger partial charge in [-0.25, -0.2) is 4.79 Å². The summed E-state index contributed by atoms with van der Waals surface area (Å²) in [5.74, 6) is -3.09. The topological polar surface area (TPSA) is 157 Å². The van der Waals surface area contributed by atoms with Crippen LogP contribution in [0.5, 0.6) is 5.75 Å². The van der Waals surface area contributed by atoms with Gasteiger partial charge in [-0.3, -0.25) is 14.4 Å². The Kier molecular flexibility index (Phi) is 9.85. The maximum Gasteiger partial charge on any atom is 0.326 e. The zero-order valence-corrected chi connectivity index (χ0v) is 20.1. The molecule has 0 bridgehead atoms. The summed E-state index contributed by atoms with van der Waals surface area (Å²) in [5, 5.41) is 30.1. The van der Waals surface area contributed by atoms with Gasteiger partial charge in [0.15, 0.2) is 0 Å². The van der Waals surface area contributed by atoms with Crippen LogP contribution in [0.15, 0.2) is 24.3 Å². The van der Waals surface area contributed by atoms with Crippen molar-refractivity contribution in [3.8, 4) is 5.75 Å². The van der Waals surface area contributed by atoms with Crippen molar-refractivity contribution in [3.63, 3.8) is 0 Å². The van der Waals surface area contributed by atoms with Crippen LogP contribution in [0.3, 0.4) is 0 Å². The van der Waals surface area contributed by atoms with E-state index in [0.717, 1.165) is 13.0 Å². The van der Waals surface area contributed by atoms with E-state index in [1.807, 2.05) is 0 Å². The van der Waals surface area contributed by atoms with Crippen molar-refractivity contribution in [1.82, 2.24) is 21.3 Å². The Bertz CT molecular complexity index is 865. The number of aliphatic carboxylic acids is 1. The second-order valence-corrected chi connectivity index (χ2v) is 9.38. The molecule has 0 spiro atoms. The van der Waals surface area contributed by atoms with Gasteiger partial charge in [0.25, 0.3) is 0 Å². The van der Waals surface area contributed by atoms with E-state index in [1.165, 1.54) is 12.1 Å². The first kappa shape index (κ1) is 27.1. The number of nitrogens with one attached hydrogen (secondary N) is 4. The van der Waals surface area contributed by atoms with E-state index in [9.17, 15) is 29.4 Å². The molecule has 10 heteroatoms. The van der Waals surface area contributed by atoms with E-state index < -0.39 is 35.9 Å². The summed E-state index contributed by atoms with van der Waals surface area (Å²) in [5.41, 5.74) is 0.624. The zero-order chi connectivity index (χ0) is 25.4. The number of carboxylic acid groups (broad SMARTS) is 1. The third-order valence-corrected chi connectivity index (χ3v) is 5.86. The van der Waals surface area contributed by atoms with Crippen molar-refractivity contribution in [2.24, 2.45) is 11.8 Å². The van der Waals surface area contributed by atoms with Gasteiger partial charge in [0.1, 0.15) is 23.9 Å². The van der Waals surface area contributed by atoms with E-state index in [-0.39, 0.29) is 36.0 Å². The number of phenolic OH excluding ortho intramolecular Hbond substituents is 1. The number of rotatable bonds is 11. The summed E-state index contributed by atoms with van der Waals surface area (Å²) in [6.07, 6.45) is 1.60. The Morgan fingerprint density at radius 1 is 0.941 bits per heavy atom. The van der Waals surface area contributed by atoms with Crippen molar-refractivity contribution in [3.05, 3.63) is 29.8 Å². The van der Waals surface area contributed by atoms with Crippen molar-refractivity contribution < 1.29 is 29.4 Å². The smallest absolute Gasteiger partial charge is 0.326 e. The first-order valence-electron chi connectivity index (χ1n) is 11.6. The first-order valence-corrected chi connectivity index (χ1v) is 11.6. The Morgan fingerprint density at radius 2 is 1.50 bits per heavy atom. The minimum atomic E-state index is -1.22. The van der Waals surface area contributed by atoms with Gasteiger partial charge in [0.05, 0.1) is 6.04 Å². The van der Waals surface area contributed by atoms with Crippen LogP contribution in [0.2, 0.25) is 0 Å². The molecular formula is C24H36N4O6. The molecule has 1 saturated heterocycles. The summed E-state index contributed by atoms with van der Waals surface area (Å²) >= 11 is 0. The Labute approximate surface area is 199 Å². The quantitative estimate of drug-likeness (QED) is 0.272. The maximum absolute atomic E-state index is 13.0. The SMILES string of the molecule is CC(C)C(NC(=O)C1CCCN1)C(=O)NC(C(=O)NC(Cc1ccc(O)cc1)C(=O)O)C(C)C. The number of amides is 3. The summed E-state index contributed by atoms with van der Waals surface area (Å²) in [6.45, 7) is 7.84. The largest absolute Gasteiger partial charge is 0.508 e. The highest BCUT2D eigenvalue weighted by Crippen LogP contribution is 2.13. The molecule has 34 heavy (non-hydrogen) atoms. The van der Waals surface area contributed by atoms with E-state index in [4.69, 9.17) is 0 Å². The fraction of sp³-hybridized carbons (Fsp3) is 0.583. The fourth-order valence-electron chi connectivity index (χ4n) is 3.80. The predicted octanol–water partition coefficient (Wildman–Crippen LogP) is 0.538.